The Hall–Kier alpha value is -4.94. The molecule has 5 heterocycles. The molecule has 5 rings (SSSR count). The summed E-state index contributed by atoms with van der Waals surface area (Å²) in [5, 5.41) is 174. The number of aliphatic hydroxyl groups excluding tert-OH is 14. The van der Waals surface area contributed by atoms with E-state index >= 15 is 0 Å². The molecule has 5 aliphatic rings. The molecular weight excluding hydrogens is 1400 g/mol. The van der Waals surface area contributed by atoms with Gasteiger partial charge in [-0.3, -0.25) is 37.8 Å². The van der Waals surface area contributed by atoms with Gasteiger partial charge < -0.3 is 173 Å². The quantitative estimate of drug-likeness (QED) is 0.00897. The van der Waals surface area contributed by atoms with Crippen LogP contribution < -0.4 is 10.6 Å². The van der Waals surface area contributed by atoms with Crippen LogP contribution in [0.25, 0.3) is 0 Å². The first-order valence-electron chi connectivity index (χ1n) is 29.1. The molecule has 0 aliphatic carbocycles. The van der Waals surface area contributed by atoms with E-state index in [-0.39, 0.29) is 12.9 Å². The number of aliphatic carboxylic acids is 2. The van der Waals surface area contributed by atoms with Crippen molar-refractivity contribution < 1.29 is 219 Å². The summed E-state index contributed by atoms with van der Waals surface area (Å²) in [6.07, 6.45) is -60.2. The van der Waals surface area contributed by atoms with Gasteiger partial charge in [0, 0.05) is 19.3 Å². The number of nitrogens with one attached hydrogen (secondary N) is 2. The molecule has 49 heteroatoms. The monoisotopic (exact) mass is 1480 g/mol. The first-order valence-corrected chi connectivity index (χ1v) is 32.2. The Morgan fingerprint density at radius 2 is 1.05 bits per heavy atom. The molecule has 564 valence electrons. The van der Waals surface area contributed by atoms with Crippen molar-refractivity contribution in [2.45, 2.75) is 197 Å². The highest BCUT2D eigenvalue weighted by molar-refractivity contribution is 7.46. The largest absolute Gasteiger partial charge is 0.477 e. The topological polar surface area (TPSA) is 738 Å². The molecule has 0 aromatic heterocycles. The van der Waals surface area contributed by atoms with Gasteiger partial charge in [0.2, 0.25) is 11.8 Å². The Balaban J connectivity index is 1.73. The summed E-state index contributed by atoms with van der Waals surface area (Å²) >= 11 is 0. The number of phosphoric acid groups is 2. The first kappa shape index (κ1) is 83.7. The second-order valence-corrected chi connectivity index (χ2v) is 24.4. The Labute approximate surface area is 549 Å². The van der Waals surface area contributed by atoms with E-state index in [9.17, 15) is 149 Å². The van der Waals surface area contributed by atoms with Crippen molar-refractivity contribution in [2.24, 2.45) is 0 Å². The molecule has 0 aromatic carbocycles. The van der Waals surface area contributed by atoms with Gasteiger partial charge in [-0.05, 0) is 0 Å². The van der Waals surface area contributed by atoms with E-state index in [0.717, 1.165) is 0 Å². The first-order chi connectivity index (χ1) is 46.0. The zero-order valence-corrected chi connectivity index (χ0v) is 52.5. The van der Waals surface area contributed by atoms with Gasteiger partial charge in [0.1, 0.15) is 110 Å². The number of phosphoric ester groups is 2. The number of hydrogen-bond donors (Lipinski definition) is 22. The van der Waals surface area contributed by atoms with Gasteiger partial charge >= 0.3 is 39.5 Å². The number of carbonyl (C=O) groups excluding carboxylic acids is 6. The van der Waals surface area contributed by atoms with Gasteiger partial charge in [-0.2, -0.15) is 0 Å². The molecule has 0 unspecified atom stereocenters. The Kier molecular flexibility index (Phi) is 31.9. The molecule has 47 nitrogen and oxygen atoms in total. The minimum Gasteiger partial charge on any atom is -0.477 e. The van der Waals surface area contributed by atoms with Gasteiger partial charge in [-0.25, -0.2) is 18.7 Å². The van der Waals surface area contributed by atoms with Crippen molar-refractivity contribution in [3.63, 3.8) is 0 Å². The van der Waals surface area contributed by atoms with Crippen molar-refractivity contribution in [1.82, 2.24) is 10.6 Å². The Morgan fingerprint density at radius 1 is 0.531 bits per heavy atom. The van der Waals surface area contributed by atoms with E-state index in [1.165, 1.54) is 0 Å². The number of carboxylic acid groups (broad SMARTS) is 2. The fraction of sp³-hybridized carbons (Fsp3) is 0.837. The number of carboxylic acids is 2. The van der Waals surface area contributed by atoms with Crippen molar-refractivity contribution in [1.29, 1.82) is 0 Å². The molecule has 0 radical (unpaired) electrons. The average Bonchev–Trinajstić information content (AvgIpc) is 0.747. The van der Waals surface area contributed by atoms with Crippen LogP contribution in [0.2, 0.25) is 0 Å². The predicted molar refractivity (Wildman–Crippen MR) is 293 cm³/mol. The minimum absolute atomic E-state index is 0.120. The standard InChI is InChI=1S/C49H78N2O45P2/c52-5-1-25(63)50-29-41(88-27(65)2-6-53)32(68)23(86-44(29)96-98(79,80)81)14-84-43-30(51-26(64)3-7-82-16-57)42(89-28(66)4-8-83-17-58)40(95-97(76,77)78)24(87-43)15-85-48(46(72)73)10-22(92-49(47(74)75)9-18(59)31(67)37(93-49)20(61)12-55)39(38(94-48)21(62)13-56)91-45-35(71)33(69)34(70)36(90-45)19(60)11-54/h16-24,29-45,52-56,59-62,67-71H,1-15H2,(H,50,63)(H,51,64)(H,72,73)(H,74,75)(H2,76,77,78)(H2,79,80,81)/t18-,19+,20-,21-,22-,23-,24-,29-,30-,31-,32-,33+,34+,35+,36-,37-,38-,39-,40-,41-,42-,43-,44-,45-,48-,49-/m1/s1. The van der Waals surface area contributed by atoms with Gasteiger partial charge in [-0.15, -0.1) is 0 Å². The van der Waals surface area contributed by atoms with Crippen molar-refractivity contribution >= 4 is 64.3 Å². The second-order valence-electron chi connectivity index (χ2n) is 22.0. The van der Waals surface area contributed by atoms with Gasteiger partial charge in [0.15, 0.2) is 31.1 Å². The molecule has 5 fully saturated rings. The van der Waals surface area contributed by atoms with E-state index in [0.29, 0.717) is 0 Å². The molecule has 0 bridgehead atoms. The smallest absolute Gasteiger partial charge is 0.472 e. The molecule has 22 N–H and O–H groups in total. The Morgan fingerprint density at radius 3 is 1.61 bits per heavy atom. The SMILES string of the molecule is O=COCCC(=O)N[C@H]1[C@H](OC[C@H]2O[C@H](OP(=O)(O)O)[C@H](NC(=O)CCO)[C@@H](OC(=O)CCO)[C@@H]2O)O[C@H](CO[C@]2(C(=O)O)C[C@@H](O[C@]3(C(=O)O)C[C@@H](O)[C@@H](O)[C@@H]([C@H](O)CO)O3)[C@@H](O[C@H]3O[C@H]([C@@H](O)CO)[C@@H](O)[C@H](O)[C@@H]3O)[C@@H]([C@H](O)CO)O2)[C@@H](OP(=O)(O)O)[C@@H]1OC(=O)CCOC=O. The van der Waals surface area contributed by atoms with Crippen LogP contribution in [0.4, 0.5) is 0 Å². The van der Waals surface area contributed by atoms with E-state index in [1.807, 2.05) is 0 Å². The van der Waals surface area contributed by atoms with Crippen LogP contribution in [0.5, 0.6) is 0 Å². The summed E-state index contributed by atoms with van der Waals surface area (Å²) < 4.78 is 107. The third-order valence-electron chi connectivity index (χ3n) is 15.2. The maximum absolute atomic E-state index is 14.0. The van der Waals surface area contributed by atoms with E-state index in [1.54, 1.807) is 0 Å². The van der Waals surface area contributed by atoms with Crippen LogP contribution in [0.1, 0.15) is 38.5 Å². The number of esters is 2. The number of rotatable bonds is 38. The molecule has 26 atom stereocenters. The maximum Gasteiger partial charge on any atom is 0.472 e. The van der Waals surface area contributed by atoms with Gasteiger partial charge in [0.05, 0.1) is 84.3 Å². The lowest BCUT2D eigenvalue weighted by atomic mass is 9.89. The summed E-state index contributed by atoms with van der Waals surface area (Å²) in [6.45, 7) is -10.9. The number of hydrogen-bond acceptors (Lipinski definition) is 39. The van der Waals surface area contributed by atoms with Crippen LogP contribution in [0.15, 0.2) is 0 Å². The molecule has 2 amide bonds. The lowest BCUT2D eigenvalue weighted by Crippen LogP contribution is -2.70. The fourth-order valence-corrected chi connectivity index (χ4v) is 11.6. The maximum atomic E-state index is 14.0. The summed E-state index contributed by atoms with van der Waals surface area (Å²) in [4.78, 5) is 144. The highest BCUT2D eigenvalue weighted by atomic mass is 31.2. The van der Waals surface area contributed by atoms with Crippen LogP contribution in [0, 0.1) is 0 Å². The van der Waals surface area contributed by atoms with Gasteiger partial charge in [-0.1, -0.05) is 0 Å². The number of carbonyl (C=O) groups is 8. The number of aliphatic hydroxyl groups is 14. The predicted octanol–water partition coefficient (Wildman–Crippen LogP) is -13.4. The minimum atomic E-state index is -6.16. The summed E-state index contributed by atoms with van der Waals surface area (Å²) in [5.74, 6) is -17.4. The normalized spacial score (nSPS) is 36.3. The van der Waals surface area contributed by atoms with Crippen molar-refractivity contribution in [2.75, 3.05) is 59.5 Å². The van der Waals surface area contributed by atoms with Crippen LogP contribution in [-0.2, 0) is 118 Å². The molecule has 5 aliphatic heterocycles. The third kappa shape index (κ3) is 22.0. The molecule has 5 saturated heterocycles. The van der Waals surface area contributed by atoms with E-state index in [2.05, 4.69) is 20.1 Å². The second kappa shape index (κ2) is 37.3. The molecule has 0 aromatic rings. The number of ether oxygens (including phenoxy) is 13. The summed E-state index contributed by atoms with van der Waals surface area (Å²) in [7, 11) is -12.0. The molecule has 0 spiro atoms. The highest BCUT2D eigenvalue weighted by Crippen LogP contribution is 2.46. The van der Waals surface area contributed by atoms with Crippen LogP contribution >= 0.6 is 15.6 Å². The average molecular weight is 1480 g/mol. The fourth-order valence-electron chi connectivity index (χ4n) is 10.6. The van der Waals surface area contributed by atoms with E-state index in [4.69, 9.17) is 61.2 Å². The molecule has 98 heavy (non-hydrogen) atoms. The van der Waals surface area contributed by atoms with Crippen molar-refractivity contribution in [3.8, 4) is 0 Å². The Bertz CT molecular complexity index is 2730. The lowest BCUT2D eigenvalue weighted by molar-refractivity contribution is -0.400. The molecule has 0 saturated carbocycles. The van der Waals surface area contributed by atoms with E-state index < -0.39 is 308 Å². The third-order valence-corrected chi connectivity index (χ3v) is 16.2. The zero-order chi connectivity index (χ0) is 73.4. The van der Waals surface area contributed by atoms with Gasteiger partial charge in [0.25, 0.3) is 24.5 Å². The van der Waals surface area contributed by atoms with Crippen LogP contribution in [-0.4, -0.2) is 368 Å². The lowest BCUT2D eigenvalue weighted by Gasteiger charge is -2.52. The summed E-state index contributed by atoms with van der Waals surface area (Å²) in [5.41, 5.74) is 0. The highest BCUT2D eigenvalue weighted by Gasteiger charge is 2.64. The zero-order valence-electron chi connectivity index (χ0n) is 50.7. The van der Waals surface area contributed by atoms with Crippen LogP contribution in [0.3, 0.4) is 0 Å². The number of amides is 2. The van der Waals surface area contributed by atoms with Crippen molar-refractivity contribution in [3.05, 3.63) is 0 Å². The molecular formula is C49H78N2O45P2. The summed E-state index contributed by atoms with van der Waals surface area (Å²) in [6, 6.07) is -4.49.